The first kappa shape index (κ1) is 13.9. The summed E-state index contributed by atoms with van der Waals surface area (Å²) in [5, 5.41) is 10.9. The molecular weight excluding hydrogens is 238 g/mol. The van der Waals surface area contributed by atoms with Crippen molar-refractivity contribution in [3.05, 3.63) is 18.0 Å². The van der Waals surface area contributed by atoms with Crippen molar-refractivity contribution in [3.8, 4) is 0 Å². The lowest BCUT2D eigenvalue weighted by Crippen LogP contribution is -2.27. The average molecular weight is 253 g/mol. The van der Waals surface area contributed by atoms with Gasteiger partial charge in [0.2, 0.25) is 5.95 Å². The van der Waals surface area contributed by atoms with Crippen LogP contribution in [0, 0.1) is 0 Å². The Morgan fingerprint density at radius 3 is 2.33 bits per heavy atom. The van der Waals surface area contributed by atoms with Gasteiger partial charge in [-0.2, -0.15) is 0 Å². The number of nitrogens with one attached hydrogen (secondary N) is 1. The van der Waals surface area contributed by atoms with E-state index in [1.54, 1.807) is 20.8 Å². The van der Waals surface area contributed by atoms with E-state index in [1.807, 2.05) is 0 Å². The first-order chi connectivity index (χ1) is 8.26. The van der Waals surface area contributed by atoms with Gasteiger partial charge in [-0.05, 0) is 20.8 Å². The largest absolute Gasteiger partial charge is 0.481 e. The van der Waals surface area contributed by atoms with Gasteiger partial charge in [-0.15, -0.1) is 0 Å². The predicted octanol–water partition coefficient (Wildman–Crippen LogP) is 1.45. The molecule has 1 aromatic rings. The minimum absolute atomic E-state index is 0.0680. The number of nitrogens with zero attached hydrogens (tertiary/aromatic N) is 2. The van der Waals surface area contributed by atoms with Crippen LogP contribution in [0.4, 0.5) is 10.7 Å². The number of carboxylic acids is 1. The summed E-state index contributed by atoms with van der Waals surface area (Å²) < 4.78 is 5.01. The molecule has 0 spiro atoms. The third-order valence-electron chi connectivity index (χ3n) is 1.67. The standard InChI is InChI=1S/C11H15N3O4/c1-11(2,3)18-10(17)14-9-12-5-7(6-13-9)4-8(15)16/h5-6H,4H2,1-3H3,(H,15,16)(H,12,13,14,17). The minimum atomic E-state index is -0.966. The highest BCUT2D eigenvalue weighted by atomic mass is 16.6. The molecule has 0 saturated heterocycles. The van der Waals surface area contributed by atoms with E-state index in [1.165, 1.54) is 12.4 Å². The summed E-state index contributed by atoms with van der Waals surface area (Å²) in [5.74, 6) is -0.898. The van der Waals surface area contributed by atoms with E-state index in [9.17, 15) is 9.59 Å². The molecule has 0 aliphatic heterocycles. The molecule has 0 saturated carbocycles. The SMILES string of the molecule is CC(C)(C)OC(=O)Nc1ncc(CC(=O)O)cn1. The Morgan fingerprint density at radius 2 is 1.89 bits per heavy atom. The maximum absolute atomic E-state index is 11.4. The molecule has 0 atom stereocenters. The molecule has 1 amide bonds. The zero-order valence-corrected chi connectivity index (χ0v) is 10.4. The highest BCUT2D eigenvalue weighted by Gasteiger charge is 2.16. The second-order valence-corrected chi connectivity index (χ2v) is 4.61. The van der Waals surface area contributed by atoms with Gasteiger partial charge >= 0.3 is 12.1 Å². The molecule has 0 radical (unpaired) electrons. The van der Waals surface area contributed by atoms with Crippen LogP contribution in [-0.4, -0.2) is 32.7 Å². The van der Waals surface area contributed by atoms with E-state index < -0.39 is 17.7 Å². The van der Waals surface area contributed by atoms with Crippen LogP contribution in [0.1, 0.15) is 26.3 Å². The van der Waals surface area contributed by atoms with Crippen LogP contribution < -0.4 is 5.32 Å². The van der Waals surface area contributed by atoms with Crippen molar-refractivity contribution in [3.63, 3.8) is 0 Å². The molecule has 2 N–H and O–H groups in total. The van der Waals surface area contributed by atoms with E-state index in [2.05, 4.69) is 15.3 Å². The molecule has 1 rings (SSSR count). The molecule has 0 aliphatic carbocycles. The highest BCUT2D eigenvalue weighted by Crippen LogP contribution is 2.09. The summed E-state index contributed by atoms with van der Waals surface area (Å²) in [6.07, 6.45) is 1.86. The molecule has 0 unspecified atom stereocenters. The summed E-state index contributed by atoms with van der Waals surface area (Å²) in [6, 6.07) is 0. The second-order valence-electron chi connectivity index (χ2n) is 4.61. The Labute approximate surface area is 104 Å². The monoisotopic (exact) mass is 253 g/mol. The summed E-state index contributed by atoms with van der Waals surface area (Å²) >= 11 is 0. The summed E-state index contributed by atoms with van der Waals surface area (Å²) in [6.45, 7) is 5.22. The molecule has 1 heterocycles. The van der Waals surface area contributed by atoms with E-state index in [0.29, 0.717) is 5.56 Å². The Kier molecular flexibility index (Phi) is 4.19. The van der Waals surface area contributed by atoms with Crippen LogP contribution in [0.3, 0.4) is 0 Å². The van der Waals surface area contributed by atoms with Gasteiger partial charge in [0.1, 0.15) is 5.60 Å². The number of ether oxygens (including phenoxy) is 1. The summed E-state index contributed by atoms with van der Waals surface area (Å²) in [5.41, 5.74) is -0.148. The maximum atomic E-state index is 11.4. The zero-order chi connectivity index (χ0) is 13.8. The van der Waals surface area contributed by atoms with E-state index in [4.69, 9.17) is 9.84 Å². The van der Waals surface area contributed by atoms with E-state index >= 15 is 0 Å². The molecule has 0 fully saturated rings. The lowest BCUT2D eigenvalue weighted by atomic mass is 10.2. The third-order valence-corrected chi connectivity index (χ3v) is 1.67. The lowest BCUT2D eigenvalue weighted by Gasteiger charge is -2.19. The quantitative estimate of drug-likeness (QED) is 0.845. The van der Waals surface area contributed by atoms with Crippen LogP contribution in [0.25, 0.3) is 0 Å². The number of aromatic nitrogens is 2. The molecule has 7 nitrogen and oxygen atoms in total. The van der Waals surface area contributed by atoms with Crippen LogP contribution in [0.5, 0.6) is 0 Å². The van der Waals surface area contributed by atoms with Crippen molar-refractivity contribution in [2.24, 2.45) is 0 Å². The molecular formula is C11H15N3O4. The van der Waals surface area contributed by atoms with E-state index in [-0.39, 0.29) is 12.4 Å². The van der Waals surface area contributed by atoms with Gasteiger partial charge in [-0.25, -0.2) is 14.8 Å². The van der Waals surface area contributed by atoms with Gasteiger partial charge in [0.05, 0.1) is 6.42 Å². The van der Waals surface area contributed by atoms with Gasteiger partial charge in [-0.3, -0.25) is 10.1 Å². The predicted molar refractivity (Wildman–Crippen MR) is 63.2 cm³/mol. The molecule has 0 aliphatic rings. The minimum Gasteiger partial charge on any atom is -0.481 e. The topological polar surface area (TPSA) is 101 Å². The van der Waals surface area contributed by atoms with Crippen molar-refractivity contribution in [1.82, 2.24) is 9.97 Å². The van der Waals surface area contributed by atoms with Crippen molar-refractivity contribution < 1.29 is 19.4 Å². The van der Waals surface area contributed by atoms with Gasteiger partial charge < -0.3 is 9.84 Å². The Balaban J connectivity index is 2.58. The third kappa shape index (κ3) is 5.24. The number of hydrogen-bond acceptors (Lipinski definition) is 5. The Hall–Kier alpha value is -2.18. The van der Waals surface area contributed by atoms with Gasteiger partial charge in [-0.1, -0.05) is 0 Å². The Morgan fingerprint density at radius 1 is 1.33 bits per heavy atom. The van der Waals surface area contributed by atoms with Crippen molar-refractivity contribution >= 4 is 18.0 Å². The smallest absolute Gasteiger partial charge is 0.414 e. The number of carboxylic acid groups (broad SMARTS) is 1. The molecule has 18 heavy (non-hydrogen) atoms. The normalized spacial score (nSPS) is 10.8. The molecule has 98 valence electrons. The van der Waals surface area contributed by atoms with Crippen LogP contribution in [-0.2, 0) is 16.0 Å². The summed E-state index contributed by atoms with van der Waals surface area (Å²) in [7, 11) is 0. The summed E-state index contributed by atoms with van der Waals surface area (Å²) in [4.78, 5) is 29.5. The first-order valence-corrected chi connectivity index (χ1v) is 5.29. The maximum Gasteiger partial charge on any atom is 0.414 e. The van der Waals surface area contributed by atoms with Gasteiger partial charge in [0.25, 0.3) is 0 Å². The number of hydrogen-bond donors (Lipinski definition) is 2. The fraction of sp³-hybridized carbons (Fsp3) is 0.455. The number of aliphatic carboxylic acids is 1. The number of amides is 1. The second kappa shape index (κ2) is 5.44. The number of rotatable bonds is 3. The molecule has 7 heteroatoms. The van der Waals surface area contributed by atoms with Gasteiger partial charge in [0.15, 0.2) is 0 Å². The average Bonchev–Trinajstić information content (AvgIpc) is 2.17. The van der Waals surface area contributed by atoms with Crippen LogP contribution in [0.15, 0.2) is 12.4 Å². The lowest BCUT2D eigenvalue weighted by molar-refractivity contribution is -0.136. The van der Waals surface area contributed by atoms with Crippen LogP contribution in [0.2, 0.25) is 0 Å². The first-order valence-electron chi connectivity index (χ1n) is 5.29. The molecule has 0 aromatic carbocycles. The molecule has 0 bridgehead atoms. The van der Waals surface area contributed by atoms with E-state index in [0.717, 1.165) is 0 Å². The molecule has 1 aromatic heterocycles. The fourth-order valence-corrected chi connectivity index (χ4v) is 1.08. The van der Waals surface area contributed by atoms with Crippen molar-refractivity contribution in [1.29, 1.82) is 0 Å². The Bertz CT molecular complexity index is 437. The van der Waals surface area contributed by atoms with Gasteiger partial charge in [0, 0.05) is 18.0 Å². The zero-order valence-electron chi connectivity index (χ0n) is 10.4. The van der Waals surface area contributed by atoms with Crippen molar-refractivity contribution in [2.75, 3.05) is 5.32 Å². The number of carbonyl (C=O) groups is 2. The van der Waals surface area contributed by atoms with Crippen molar-refractivity contribution in [2.45, 2.75) is 32.8 Å². The fourth-order valence-electron chi connectivity index (χ4n) is 1.08. The van der Waals surface area contributed by atoms with Crippen LogP contribution >= 0.6 is 0 Å². The number of anilines is 1. The highest BCUT2D eigenvalue weighted by molar-refractivity contribution is 5.82. The number of carbonyl (C=O) groups excluding carboxylic acids is 1.